The monoisotopic (exact) mass is 502 g/mol. The molecule has 8 nitrogen and oxygen atoms in total. The summed E-state index contributed by atoms with van der Waals surface area (Å²) in [6.07, 6.45) is 3.90. The van der Waals surface area contributed by atoms with Gasteiger partial charge < -0.3 is 15.5 Å². The van der Waals surface area contributed by atoms with Gasteiger partial charge >= 0.3 is 0 Å². The molecule has 1 saturated carbocycles. The first-order valence-electron chi connectivity index (χ1n) is 11.5. The molecule has 5 rings (SSSR count). The van der Waals surface area contributed by atoms with Gasteiger partial charge in [-0.1, -0.05) is 17.7 Å². The summed E-state index contributed by atoms with van der Waals surface area (Å²) in [6, 6.07) is 15.0. The number of nitrogens with one attached hydrogen (secondary N) is 1. The van der Waals surface area contributed by atoms with E-state index in [0.29, 0.717) is 57.1 Å². The Kier molecular flexibility index (Phi) is 6.20. The van der Waals surface area contributed by atoms with Crippen molar-refractivity contribution in [3.05, 3.63) is 82.1 Å². The van der Waals surface area contributed by atoms with Crippen molar-refractivity contribution in [1.82, 2.24) is 5.32 Å². The van der Waals surface area contributed by atoms with Crippen LogP contribution in [0.15, 0.2) is 69.7 Å². The van der Waals surface area contributed by atoms with E-state index in [1.807, 2.05) is 0 Å². The third-order valence-corrected chi connectivity index (χ3v) is 6.42. The summed E-state index contributed by atoms with van der Waals surface area (Å²) in [5.74, 6) is 0.379. The highest BCUT2D eigenvalue weighted by atomic mass is 35.5. The summed E-state index contributed by atoms with van der Waals surface area (Å²) in [7, 11) is 0. The molecule has 1 fully saturated rings. The van der Waals surface area contributed by atoms with Gasteiger partial charge in [0.1, 0.15) is 11.5 Å². The van der Waals surface area contributed by atoms with E-state index in [2.05, 4.69) is 10.4 Å². The van der Waals surface area contributed by atoms with Crippen LogP contribution in [-0.2, 0) is 4.79 Å². The number of hydrazone groups is 1. The molecule has 0 radical (unpaired) electrons. The Labute approximate surface area is 212 Å². The van der Waals surface area contributed by atoms with Crippen LogP contribution in [0.1, 0.15) is 46.2 Å². The van der Waals surface area contributed by atoms with Crippen molar-refractivity contribution in [1.29, 1.82) is 0 Å². The largest absolute Gasteiger partial charge is 0.457 e. The van der Waals surface area contributed by atoms with E-state index in [1.54, 1.807) is 61.5 Å². The minimum atomic E-state index is -0.589. The van der Waals surface area contributed by atoms with Gasteiger partial charge in [-0.2, -0.15) is 10.1 Å². The first-order valence-corrected chi connectivity index (χ1v) is 11.9. The number of rotatable bonds is 7. The molecule has 1 aliphatic carbocycles. The Hall–Kier alpha value is -4.17. The third kappa shape index (κ3) is 4.81. The number of hydrogen-bond acceptors (Lipinski definition) is 5. The molecule has 3 N–H and O–H groups in total. The average Bonchev–Trinajstić information content (AvgIpc) is 3.52. The lowest BCUT2D eigenvalue weighted by Gasteiger charge is -2.12. The Morgan fingerprint density at radius 2 is 2.00 bits per heavy atom. The molecule has 36 heavy (non-hydrogen) atoms. The maximum atomic E-state index is 13.1. The second-order valence-corrected chi connectivity index (χ2v) is 9.23. The van der Waals surface area contributed by atoms with Crippen molar-refractivity contribution in [2.45, 2.75) is 19.8 Å². The maximum Gasteiger partial charge on any atom is 0.280 e. The van der Waals surface area contributed by atoms with Crippen molar-refractivity contribution in [3.63, 3.8) is 0 Å². The number of nitrogens with two attached hydrogens (primary N) is 1. The van der Waals surface area contributed by atoms with Crippen molar-refractivity contribution in [3.8, 4) is 11.3 Å². The molecular formula is C27H23ClN4O4. The van der Waals surface area contributed by atoms with Crippen LogP contribution >= 0.6 is 11.6 Å². The van der Waals surface area contributed by atoms with Gasteiger partial charge in [0.05, 0.1) is 27.6 Å². The zero-order chi connectivity index (χ0) is 25.4. The Morgan fingerprint density at radius 1 is 1.19 bits per heavy atom. The summed E-state index contributed by atoms with van der Waals surface area (Å²) in [6.45, 7) is 2.37. The minimum absolute atomic E-state index is 0.216. The molecule has 9 heteroatoms. The Balaban J connectivity index is 1.37. The average molecular weight is 503 g/mol. The van der Waals surface area contributed by atoms with Crippen molar-refractivity contribution >= 4 is 46.8 Å². The summed E-state index contributed by atoms with van der Waals surface area (Å²) in [4.78, 5) is 37.2. The molecule has 2 aromatic carbocycles. The van der Waals surface area contributed by atoms with Crippen LogP contribution < -0.4 is 16.1 Å². The van der Waals surface area contributed by atoms with Crippen LogP contribution in [0.5, 0.6) is 0 Å². The lowest BCUT2D eigenvalue weighted by molar-refractivity contribution is -0.114. The Morgan fingerprint density at radius 3 is 2.75 bits per heavy atom. The van der Waals surface area contributed by atoms with E-state index in [0.717, 1.165) is 12.8 Å². The second-order valence-electron chi connectivity index (χ2n) is 8.82. The lowest BCUT2D eigenvalue weighted by atomic mass is 10.1. The number of furan rings is 1. The van der Waals surface area contributed by atoms with E-state index >= 15 is 0 Å². The Bertz CT molecular complexity index is 1450. The molecule has 0 atom stereocenters. The topological polar surface area (TPSA) is 118 Å². The molecule has 0 bridgehead atoms. The highest BCUT2D eigenvalue weighted by molar-refractivity contribution is 6.34. The number of halogens is 1. The first-order chi connectivity index (χ1) is 17.3. The van der Waals surface area contributed by atoms with Crippen LogP contribution in [0, 0.1) is 5.92 Å². The SMILES string of the molecule is CC1=NN(c2cccc(C(N)=O)c2)C(=O)/C1=C\c1ccc(-c2ccc(Cl)c(C(=O)NCC3CC3)c2)o1. The highest BCUT2D eigenvalue weighted by Crippen LogP contribution is 2.31. The number of hydrogen-bond donors (Lipinski definition) is 2. The fraction of sp³-hybridized carbons (Fsp3) is 0.185. The second kappa shape index (κ2) is 9.47. The number of carbonyl (C=O) groups is 3. The minimum Gasteiger partial charge on any atom is -0.457 e. The van der Waals surface area contributed by atoms with Gasteiger partial charge in [-0.15, -0.1) is 0 Å². The summed E-state index contributed by atoms with van der Waals surface area (Å²) < 4.78 is 5.96. The molecule has 2 heterocycles. The molecule has 0 saturated heterocycles. The third-order valence-electron chi connectivity index (χ3n) is 6.09. The molecule has 0 spiro atoms. The van der Waals surface area contributed by atoms with Gasteiger partial charge in [0.2, 0.25) is 5.91 Å². The first kappa shape index (κ1) is 23.6. The van der Waals surface area contributed by atoms with Crippen LogP contribution in [0.25, 0.3) is 17.4 Å². The van der Waals surface area contributed by atoms with Crippen LogP contribution in [-0.4, -0.2) is 30.0 Å². The van der Waals surface area contributed by atoms with Gasteiger partial charge in [-0.05, 0) is 80.3 Å². The fourth-order valence-corrected chi connectivity index (χ4v) is 4.09. The van der Waals surface area contributed by atoms with E-state index in [4.69, 9.17) is 21.8 Å². The number of amides is 3. The number of primary amides is 1. The number of benzene rings is 2. The number of anilines is 1. The summed E-state index contributed by atoms with van der Waals surface area (Å²) in [5, 5.41) is 8.85. The standard InChI is InChI=1S/C27H23ClN4O4/c1-15-21(27(35)32(31-15)19-4-2-3-18(11-19)25(29)33)13-20-8-10-24(36-20)17-7-9-23(28)22(12-17)26(34)30-14-16-5-6-16/h2-4,7-13,16H,5-6,14H2,1H3,(H2,29,33)(H,30,34)/b21-13-. The predicted octanol–water partition coefficient (Wildman–Crippen LogP) is 4.64. The van der Waals surface area contributed by atoms with Crippen LogP contribution in [0.3, 0.4) is 0 Å². The van der Waals surface area contributed by atoms with Gasteiger partial charge in [-0.25, -0.2) is 0 Å². The zero-order valence-electron chi connectivity index (χ0n) is 19.5. The summed E-state index contributed by atoms with van der Waals surface area (Å²) >= 11 is 6.27. The van der Waals surface area contributed by atoms with E-state index in [9.17, 15) is 14.4 Å². The predicted molar refractivity (Wildman–Crippen MR) is 138 cm³/mol. The van der Waals surface area contributed by atoms with E-state index < -0.39 is 5.91 Å². The number of carbonyl (C=O) groups excluding carboxylic acids is 3. The molecule has 1 aromatic heterocycles. The van der Waals surface area contributed by atoms with Gasteiger partial charge in [0.25, 0.3) is 11.8 Å². The smallest absolute Gasteiger partial charge is 0.280 e. The lowest BCUT2D eigenvalue weighted by Crippen LogP contribution is -2.25. The normalized spacial score (nSPS) is 16.4. The van der Waals surface area contributed by atoms with E-state index in [1.165, 1.54) is 11.1 Å². The van der Waals surface area contributed by atoms with Gasteiger partial charge in [0.15, 0.2) is 0 Å². The maximum absolute atomic E-state index is 13.1. The molecule has 1 aliphatic heterocycles. The molecular weight excluding hydrogens is 480 g/mol. The van der Waals surface area contributed by atoms with Crippen molar-refractivity contribution in [2.24, 2.45) is 16.8 Å². The quantitative estimate of drug-likeness (QED) is 0.457. The van der Waals surface area contributed by atoms with Crippen molar-refractivity contribution in [2.75, 3.05) is 11.6 Å². The molecule has 3 aromatic rings. The van der Waals surface area contributed by atoms with Crippen LogP contribution in [0.2, 0.25) is 5.02 Å². The summed E-state index contributed by atoms with van der Waals surface area (Å²) in [5.41, 5.74) is 8.01. The molecule has 182 valence electrons. The van der Waals surface area contributed by atoms with Crippen LogP contribution in [0.4, 0.5) is 5.69 Å². The molecule has 3 amide bonds. The van der Waals surface area contributed by atoms with Gasteiger partial charge in [-0.3, -0.25) is 14.4 Å². The number of nitrogens with zero attached hydrogens (tertiary/aromatic N) is 2. The molecule has 0 unspecified atom stereocenters. The molecule has 2 aliphatic rings. The van der Waals surface area contributed by atoms with E-state index in [-0.39, 0.29) is 17.4 Å². The highest BCUT2D eigenvalue weighted by Gasteiger charge is 2.29. The zero-order valence-corrected chi connectivity index (χ0v) is 20.2. The fourth-order valence-electron chi connectivity index (χ4n) is 3.88. The van der Waals surface area contributed by atoms with Gasteiger partial charge in [0, 0.05) is 17.7 Å². The van der Waals surface area contributed by atoms with Crippen molar-refractivity contribution < 1.29 is 18.8 Å².